The lowest BCUT2D eigenvalue weighted by Gasteiger charge is -2.24. The highest BCUT2D eigenvalue weighted by molar-refractivity contribution is 5.96. The number of nitrogens with zero attached hydrogens (tertiary/aromatic N) is 4. The summed E-state index contributed by atoms with van der Waals surface area (Å²) in [5.74, 6) is 0.389. The van der Waals surface area contributed by atoms with Crippen molar-refractivity contribution in [2.45, 2.75) is 47.0 Å². The van der Waals surface area contributed by atoms with Gasteiger partial charge in [0, 0.05) is 23.7 Å². The molecule has 0 aliphatic carbocycles. The van der Waals surface area contributed by atoms with E-state index in [9.17, 15) is 9.59 Å². The van der Waals surface area contributed by atoms with Crippen LogP contribution >= 0.6 is 0 Å². The first kappa shape index (κ1) is 26.5. The lowest BCUT2D eigenvalue weighted by Crippen LogP contribution is -2.42. The lowest BCUT2D eigenvalue weighted by atomic mass is 9.92. The number of rotatable bonds is 7. The summed E-state index contributed by atoms with van der Waals surface area (Å²) >= 11 is 0. The average molecular weight is 487 g/mol. The summed E-state index contributed by atoms with van der Waals surface area (Å²) in [5.41, 5.74) is 3.66. The van der Waals surface area contributed by atoms with Crippen molar-refractivity contribution in [1.82, 2.24) is 14.7 Å². The first-order chi connectivity index (χ1) is 17.0. The van der Waals surface area contributed by atoms with Crippen LogP contribution in [0.15, 0.2) is 54.6 Å². The molecule has 0 saturated heterocycles. The molecule has 2 aromatic carbocycles. The summed E-state index contributed by atoms with van der Waals surface area (Å²) < 4.78 is 1.72. The lowest BCUT2D eigenvalue weighted by molar-refractivity contribution is -0.116. The number of carbonyl (C=O) groups is 2. The van der Waals surface area contributed by atoms with Gasteiger partial charge in [0.1, 0.15) is 12.4 Å². The normalized spacial score (nSPS) is 11.2. The van der Waals surface area contributed by atoms with Crippen LogP contribution in [0, 0.1) is 24.2 Å². The quantitative estimate of drug-likeness (QED) is 0.462. The summed E-state index contributed by atoms with van der Waals surface area (Å²) in [4.78, 5) is 27.6. The van der Waals surface area contributed by atoms with Crippen LogP contribution in [0.5, 0.6) is 0 Å². The van der Waals surface area contributed by atoms with Gasteiger partial charge in [0.2, 0.25) is 5.91 Å². The van der Waals surface area contributed by atoms with E-state index in [4.69, 9.17) is 10.4 Å². The Balaban J connectivity index is 1.80. The molecule has 0 aliphatic rings. The van der Waals surface area contributed by atoms with Crippen LogP contribution in [-0.2, 0) is 10.2 Å². The molecular weight excluding hydrogens is 452 g/mol. The molecule has 0 unspecified atom stereocenters. The topological polar surface area (TPSA) is 103 Å². The minimum atomic E-state index is -0.383. The zero-order chi connectivity index (χ0) is 26.5. The first-order valence-electron chi connectivity index (χ1n) is 12.0. The summed E-state index contributed by atoms with van der Waals surface area (Å²) in [5, 5.41) is 19.5. The van der Waals surface area contributed by atoms with E-state index in [1.54, 1.807) is 28.9 Å². The van der Waals surface area contributed by atoms with Crippen LogP contribution in [-0.4, -0.2) is 39.7 Å². The van der Waals surface area contributed by atoms with E-state index in [0.29, 0.717) is 23.6 Å². The van der Waals surface area contributed by atoms with Gasteiger partial charge >= 0.3 is 6.03 Å². The maximum absolute atomic E-state index is 13.1. The fourth-order valence-electron chi connectivity index (χ4n) is 3.57. The van der Waals surface area contributed by atoms with Crippen molar-refractivity contribution in [3.63, 3.8) is 0 Å². The summed E-state index contributed by atoms with van der Waals surface area (Å²) in [7, 11) is 0. The van der Waals surface area contributed by atoms with Crippen molar-refractivity contribution in [3.8, 4) is 11.8 Å². The predicted octanol–water partition coefficient (Wildman–Crippen LogP) is 5.48. The minimum Gasteiger partial charge on any atom is -0.315 e. The van der Waals surface area contributed by atoms with Crippen LogP contribution in [0.2, 0.25) is 0 Å². The minimum absolute atomic E-state index is 0.121. The van der Waals surface area contributed by atoms with Crippen LogP contribution in [0.3, 0.4) is 0 Å². The van der Waals surface area contributed by atoms with E-state index in [2.05, 4.69) is 37.5 Å². The third-order valence-electron chi connectivity index (χ3n) is 5.50. The number of nitrogens with one attached hydrogen (secondary N) is 2. The molecule has 36 heavy (non-hydrogen) atoms. The van der Waals surface area contributed by atoms with Crippen molar-refractivity contribution in [2.75, 3.05) is 23.7 Å². The third kappa shape index (κ3) is 6.95. The van der Waals surface area contributed by atoms with Crippen molar-refractivity contribution in [2.24, 2.45) is 5.92 Å². The molecule has 8 heteroatoms. The number of urea groups is 1. The predicted molar refractivity (Wildman–Crippen MR) is 142 cm³/mol. The molecule has 0 radical (unpaired) electrons. The van der Waals surface area contributed by atoms with E-state index in [0.717, 1.165) is 16.9 Å². The molecule has 1 aromatic heterocycles. The van der Waals surface area contributed by atoms with Crippen LogP contribution < -0.4 is 10.6 Å². The number of aromatic nitrogens is 2. The number of nitriles is 1. The van der Waals surface area contributed by atoms with Gasteiger partial charge in [0.25, 0.3) is 0 Å². The number of aryl methyl sites for hydroxylation is 1. The zero-order valence-corrected chi connectivity index (χ0v) is 21.8. The Morgan fingerprint density at radius 2 is 1.69 bits per heavy atom. The van der Waals surface area contributed by atoms with Gasteiger partial charge in [-0.05, 0) is 49.2 Å². The summed E-state index contributed by atoms with van der Waals surface area (Å²) in [6, 6.07) is 18.1. The SMILES string of the molecule is Cc1ccc(-n2nc(C(C)(C)C)cc2NC(=O)CN(CC(C)C)C(=O)Nc2ccc(C#N)cc2)cc1. The Hall–Kier alpha value is -4.12. The molecule has 0 aliphatic heterocycles. The number of carbonyl (C=O) groups excluding carboxylic acids is 2. The maximum Gasteiger partial charge on any atom is 0.322 e. The highest BCUT2D eigenvalue weighted by atomic mass is 16.2. The fraction of sp³-hybridized carbons (Fsp3) is 0.357. The van der Waals surface area contributed by atoms with Gasteiger partial charge in [-0.2, -0.15) is 10.4 Å². The molecule has 8 nitrogen and oxygen atoms in total. The Labute approximate surface area is 212 Å². The fourth-order valence-corrected chi connectivity index (χ4v) is 3.57. The van der Waals surface area contributed by atoms with Gasteiger partial charge in [-0.25, -0.2) is 9.48 Å². The highest BCUT2D eigenvalue weighted by Crippen LogP contribution is 2.26. The second-order valence-corrected chi connectivity index (χ2v) is 10.4. The molecular formula is C28H34N6O2. The standard InChI is InChI=1S/C28H34N6O2/c1-19(2)17-33(27(36)30-22-11-9-21(16-29)10-12-22)18-26(35)31-25-15-24(28(4,5)6)32-34(25)23-13-7-20(3)8-14-23/h7-15,19H,17-18H2,1-6H3,(H,30,36)(H,31,35). The zero-order valence-electron chi connectivity index (χ0n) is 21.8. The van der Waals surface area contributed by atoms with Gasteiger partial charge in [0.05, 0.1) is 23.0 Å². The second kappa shape index (κ2) is 11.1. The van der Waals surface area contributed by atoms with Crippen LogP contribution in [0.1, 0.15) is 51.4 Å². The first-order valence-corrected chi connectivity index (χ1v) is 12.0. The Morgan fingerprint density at radius 3 is 2.25 bits per heavy atom. The van der Waals surface area contributed by atoms with Crippen LogP contribution in [0.4, 0.5) is 16.3 Å². The number of hydrogen-bond acceptors (Lipinski definition) is 4. The third-order valence-corrected chi connectivity index (χ3v) is 5.50. The largest absolute Gasteiger partial charge is 0.322 e. The molecule has 2 N–H and O–H groups in total. The molecule has 1 heterocycles. The number of benzene rings is 2. The highest BCUT2D eigenvalue weighted by Gasteiger charge is 2.23. The van der Waals surface area contributed by atoms with Crippen LogP contribution in [0.25, 0.3) is 5.69 Å². The number of hydrogen-bond donors (Lipinski definition) is 2. The molecule has 0 bridgehead atoms. The van der Waals surface area contributed by atoms with Crippen molar-refractivity contribution < 1.29 is 9.59 Å². The molecule has 0 spiro atoms. The molecule has 0 fully saturated rings. The molecule has 0 atom stereocenters. The number of anilines is 2. The maximum atomic E-state index is 13.1. The van der Waals surface area contributed by atoms with E-state index in [1.165, 1.54) is 4.90 Å². The van der Waals surface area contributed by atoms with Gasteiger partial charge in [-0.3, -0.25) is 4.79 Å². The van der Waals surface area contributed by atoms with E-state index >= 15 is 0 Å². The number of amides is 3. The van der Waals surface area contributed by atoms with Gasteiger partial charge < -0.3 is 15.5 Å². The Morgan fingerprint density at radius 1 is 1.06 bits per heavy atom. The molecule has 188 valence electrons. The average Bonchev–Trinajstić information content (AvgIpc) is 3.23. The van der Waals surface area contributed by atoms with Crippen molar-refractivity contribution >= 4 is 23.4 Å². The Bertz CT molecular complexity index is 1250. The molecule has 3 aromatic rings. The smallest absolute Gasteiger partial charge is 0.315 e. The summed E-state index contributed by atoms with van der Waals surface area (Å²) in [6.45, 7) is 12.5. The monoisotopic (exact) mass is 486 g/mol. The molecule has 3 amide bonds. The van der Waals surface area contributed by atoms with Crippen molar-refractivity contribution in [3.05, 3.63) is 71.4 Å². The molecule has 0 saturated carbocycles. The van der Waals surface area contributed by atoms with Gasteiger partial charge in [0.15, 0.2) is 0 Å². The van der Waals surface area contributed by atoms with E-state index < -0.39 is 0 Å². The van der Waals surface area contributed by atoms with E-state index in [-0.39, 0.29) is 29.8 Å². The molecule has 3 rings (SSSR count). The second-order valence-electron chi connectivity index (χ2n) is 10.4. The van der Waals surface area contributed by atoms with Gasteiger partial charge in [-0.1, -0.05) is 52.3 Å². The summed E-state index contributed by atoms with van der Waals surface area (Å²) in [6.07, 6.45) is 0. The van der Waals surface area contributed by atoms with Crippen molar-refractivity contribution in [1.29, 1.82) is 5.26 Å². The Kier molecular flexibility index (Phi) is 8.15. The van der Waals surface area contributed by atoms with E-state index in [1.807, 2.05) is 51.1 Å². The van der Waals surface area contributed by atoms with Gasteiger partial charge in [-0.15, -0.1) is 0 Å².